The zero-order chi connectivity index (χ0) is 19.2. The number of hydrogen-bond acceptors (Lipinski definition) is 3. The molecule has 1 aromatic heterocycles. The molecule has 0 fully saturated rings. The number of rotatable bonds is 3. The van der Waals surface area contributed by atoms with Gasteiger partial charge in [-0.1, -0.05) is 24.3 Å². The van der Waals surface area contributed by atoms with Crippen molar-refractivity contribution in [3.8, 4) is 0 Å². The maximum Gasteiger partial charge on any atom is 0.416 e. The summed E-state index contributed by atoms with van der Waals surface area (Å²) < 4.78 is 44.5. The van der Waals surface area contributed by atoms with E-state index in [4.69, 9.17) is 4.42 Å². The number of nitrogens with one attached hydrogen (secondary N) is 1. The number of fused-ring (bicyclic) bond motifs is 3. The predicted molar refractivity (Wildman–Crippen MR) is 95.4 cm³/mol. The van der Waals surface area contributed by atoms with E-state index in [-0.39, 0.29) is 16.8 Å². The molecule has 0 atom stereocenters. The van der Waals surface area contributed by atoms with Crippen LogP contribution in [0.15, 0.2) is 65.1 Å². The molecule has 0 aliphatic rings. The highest BCUT2D eigenvalue weighted by Gasteiger charge is 2.30. The van der Waals surface area contributed by atoms with E-state index in [1.165, 1.54) is 18.2 Å². The number of carbonyl (C=O) groups is 1. The molecule has 0 radical (unpaired) electrons. The number of halogens is 3. The summed E-state index contributed by atoms with van der Waals surface area (Å²) in [6, 6.07) is 14.7. The number of carboxylic acids is 1. The maximum absolute atomic E-state index is 12.9. The molecular formula is C20H12F3NO3. The van der Waals surface area contributed by atoms with Crippen LogP contribution in [0.5, 0.6) is 0 Å². The summed E-state index contributed by atoms with van der Waals surface area (Å²) in [5, 5.41) is 13.5. The lowest BCUT2D eigenvalue weighted by Crippen LogP contribution is -2.05. The van der Waals surface area contributed by atoms with Crippen molar-refractivity contribution in [2.24, 2.45) is 0 Å². The molecule has 0 saturated heterocycles. The summed E-state index contributed by atoms with van der Waals surface area (Å²) in [6.07, 6.45) is -4.44. The van der Waals surface area contributed by atoms with Crippen molar-refractivity contribution in [1.29, 1.82) is 0 Å². The Balaban J connectivity index is 1.87. The van der Waals surface area contributed by atoms with Gasteiger partial charge in [-0.2, -0.15) is 13.2 Å². The first-order valence-electron chi connectivity index (χ1n) is 7.96. The number of anilines is 2. The molecule has 4 rings (SSSR count). The second-order valence-corrected chi connectivity index (χ2v) is 5.97. The Morgan fingerprint density at radius 3 is 2.48 bits per heavy atom. The van der Waals surface area contributed by atoms with Gasteiger partial charge in [-0.15, -0.1) is 0 Å². The van der Waals surface area contributed by atoms with Crippen LogP contribution in [-0.2, 0) is 6.18 Å². The van der Waals surface area contributed by atoms with Gasteiger partial charge in [0.05, 0.1) is 16.6 Å². The fourth-order valence-electron chi connectivity index (χ4n) is 3.05. The standard InChI is InChI=1S/C20H12F3NO3/c21-20(22,23)11-4-1-5-12(10-11)24-15-8-3-9-16-17(15)13-6-2-7-14(19(25)26)18(13)27-16/h1-10,24H,(H,25,26). The van der Waals surface area contributed by atoms with E-state index in [0.717, 1.165) is 12.1 Å². The largest absolute Gasteiger partial charge is 0.478 e. The molecule has 136 valence electrons. The van der Waals surface area contributed by atoms with E-state index in [1.54, 1.807) is 30.3 Å². The Bertz CT molecular complexity index is 1180. The van der Waals surface area contributed by atoms with Gasteiger partial charge in [0.25, 0.3) is 0 Å². The number of furan rings is 1. The van der Waals surface area contributed by atoms with Crippen molar-refractivity contribution < 1.29 is 27.5 Å². The van der Waals surface area contributed by atoms with Crippen LogP contribution in [0.25, 0.3) is 21.9 Å². The van der Waals surface area contributed by atoms with Gasteiger partial charge in [-0.25, -0.2) is 4.79 Å². The molecule has 0 spiro atoms. The molecule has 0 bridgehead atoms. The first-order chi connectivity index (χ1) is 12.8. The van der Waals surface area contributed by atoms with E-state index in [9.17, 15) is 23.1 Å². The Morgan fingerprint density at radius 1 is 1.00 bits per heavy atom. The second kappa shape index (κ2) is 6.05. The summed E-state index contributed by atoms with van der Waals surface area (Å²) >= 11 is 0. The van der Waals surface area contributed by atoms with Crippen LogP contribution in [0.2, 0.25) is 0 Å². The van der Waals surface area contributed by atoms with Crippen LogP contribution in [-0.4, -0.2) is 11.1 Å². The molecule has 0 aliphatic carbocycles. The van der Waals surface area contributed by atoms with E-state index < -0.39 is 17.7 Å². The van der Waals surface area contributed by atoms with E-state index in [0.29, 0.717) is 22.0 Å². The molecular weight excluding hydrogens is 359 g/mol. The van der Waals surface area contributed by atoms with E-state index >= 15 is 0 Å². The summed E-state index contributed by atoms with van der Waals surface area (Å²) in [5.41, 5.74) is 0.710. The van der Waals surface area contributed by atoms with E-state index in [2.05, 4.69) is 5.32 Å². The smallest absolute Gasteiger partial charge is 0.416 e. The van der Waals surface area contributed by atoms with Crippen LogP contribution < -0.4 is 5.32 Å². The van der Waals surface area contributed by atoms with Crippen molar-refractivity contribution in [3.63, 3.8) is 0 Å². The van der Waals surface area contributed by atoms with Crippen LogP contribution >= 0.6 is 0 Å². The van der Waals surface area contributed by atoms with Gasteiger partial charge in [0.1, 0.15) is 16.7 Å². The highest BCUT2D eigenvalue weighted by molar-refractivity contribution is 6.16. The number of benzene rings is 3. The van der Waals surface area contributed by atoms with Crippen molar-refractivity contribution in [2.75, 3.05) is 5.32 Å². The van der Waals surface area contributed by atoms with Gasteiger partial charge >= 0.3 is 12.1 Å². The highest BCUT2D eigenvalue weighted by Crippen LogP contribution is 2.37. The van der Waals surface area contributed by atoms with E-state index in [1.807, 2.05) is 0 Å². The Morgan fingerprint density at radius 2 is 1.74 bits per heavy atom. The first kappa shape index (κ1) is 17.0. The summed E-state index contributed by atoms with van der Waals surface area (Å²) in [5.74, 6) is -1.12. The third-order valence-corrected chi connectivity index (χ3v) is 4.22. The SMILES string of the molecule is O=C(O)c1cccc2c1oc1cccc(Nc3cccc(C(F)(F)F)c3)c12. The molecule has 7 heteroatoms. The van der Waals surface area contributed by atoms with Crippen LogP contribution in [0.4, 0.5) is 24.5 Å². The minimum atomic E-state index is -4.44. The first-order valence-corrected chi connectivity index (χ1v) is 7.96. The van der Waals surface area contributed by atoms with Crippen molar-refractivity contribution in [3.05, 3.63) is 71.8 Å². The number of hydrogen-bond donors (Lipinski definition) is 2. The number of alkyl halides is 3. The molecule has 27 heavy (non-hydrogen) atoms. The molecule has 2 N–H and O–H groups in total. The average Bonchev–Trinajstić information content (AvgIpc) is 3.00. The van der Waals surface area contributed by atoms with Gasteiger partial charge in [-0.3, -0.25) is 0 Å². The summed E-state index contributed by atoms with van der Waals surface area (Å²) in [7, 11) is 0. The lowest BCUT2D eigenvalue weighted by molar-refractivity contribution is -0.137. The number of para-hydroxylation sites is 1. The maximum atomic E-state index is 12.9. The fraction of sp³-hybridized carbons (Fsp3) is 0.0500. The Labute approximate surface area is 150 Å². The minimum absolute atomic E-state index is 0.0220. The number of aromatic carboxylic acids is 1. The summed E-state index contributed by atoms with van der Waals surface area (Å²) in [4.78, 5) is 11.4. The second-order valence-electron chi connectivity index (χ2n) is 5.97. The monoisotopic (exact) mass is 371 g/mol. The molecule has 4 aromatic rings. The molecule has 3 aromatic carbocycles. The zero-order valence-corrected chi connectivity index (χ0v) is 13.7. The highest BCUT2D eigenvalue weighted by atomic mass is 19.4. The number of carboxylic acid groups (broad SMARTS) is 1. The average molecular weight is 371 g/mol. The van der Waals surface area contributed by atoms with Gasteiger partial charge in [0.2, 0.25) is 0 Å². The van der Waals surface area contributed by atoms with Crippen LogP contribution in [0.3, 0.4) is 0 Å². The Hall–Kier alpha value is -3.48. The van der Waals surface area contributed by atoms with Crippen molar-refractivity contribution in [2.45, 2.75) is 6.18 Å². The normalized spacial score (nSPS) is 11.8. The molecule has 1 heterocycles. The van der Waals surface area contributed by atoms with Crippen LogP contribution in [0, 0.1) is 0 Å². The van der Waals surface area contributed by atoms with Crippen molar-refractivity contribution >= 4 is 39.3 Å². The van der Waals surface area contributed by atoms with Gasteiger partial charge in [0, 0.05) is 11.1 Å². The molecule has 0 unspecified atom stereocenters. The molecule has 0 amide bonds. The molecule has 4 nitrogen and oxygen atoms in total. The Kier molecular flexibility index (Phi) is 3.80. The molecule has 0 saturated carbocycles. The lowest BCUT2D eigenvalue weighted by Gasteiger charge is -2.11. The zero-order valence-electron chi connectivity index (χ0n) is 13.7. The van der Waals surface area contributed by atoms with Crippen LogP contribution in [0.1, 0.15) is 15.9 Å². The quantitative estimate of drug-likeness (QED) is 0.460. The minimum Gasteiger partial charge on any atom is -0.478 e. The third kappa shape index (κ3) is 2.97. The lowest BCUT2D eigenvalue weighted by atomic mass is 10.1. The molecule has 0 aliphatic heterocycles. The van der Waals surface area contributed by atoms with Gasteiger partial charge in [-0.05, 0) is 36.4 Å². The summed E-state index contributed by atoms with van der Waals surface area (Å²) in [6.45, 7) is 0. The van der Waals surface area contributed by atoms with Crippen molar-refractivity contribution in [1.82, 2.24) is 0 Å². The fourth-order valence-corrected chi connectivity index (χ4v) is 3.05. The third-order valence-electron chi connectivity index (χ3n) is 4.22. The topological polar surface area (TPSA) is 62.5 Å². The van der Waals surface area contributed by atoms with Gasteiger partial charge < -0.3 is 14.8 Å². The van der Waals surface area contributed by atoms with Gasteiger partial charge in [0.15, 0.2) is 0 Å². The predicted octanol–water partition coefficient (Wildman–Crippen LogP) is 6.05.